The van der Waals surface area contributed by atoms with Gasteiger partial charge in [-0.05, 0) is 56.1 Å². The average Bonchev–Trinajstić information content (AvgIpc) is 3.04. The molecule has 0 aromatic heterocycles. The van der Waals surface area contributed by atoms with Gasteiger partial charge >= 0.3 is 0 Å². The number of carbonyl (C=O) groups excluding carboxylic acids is 2. The second kappa shape index (κ2) is 9.69. The van der Waals surface area contributed by atoms with E-state index in [-0.39, 0.29) is 23.4 Å². The summed E-state index contributed by atoms with van der Waals surface area (Å²) in [5.74, 6) is 0.0336. The number of carbonyl (C=O) groups is 2. The zero-order valence-corrected chi connectivity index (χ0v) is 16.3. The van der Waals surface area contributed by atoms with Crippen molar-refractivity contribution in [1.82, 2.24) is 5.32 Å². The first-order valence-corrected chi connectivity index (χ1v) is 9.87. The zero-order chi connectivity index (χ0) is 19.1. The molecule has 5 nitrogen and oxygen atoms in total. The summed E-state index contributed by atoms with van der Waals surface area (Å²) in [4.78, 5) is 32.8. The van der Waals surface area contributed by atoms with Gasteiger partial charge in [0.15, 0.2) is 0 Å². The number of nitrogens with zero attached hydrogens (tertiary/aromatic N) is 2. The van der Waals surface area contributed by atoms with Gasteiger partial charge in [-0.2, -0.15) is 0 Å². The second-order valence-corrected chi connectivity index (χ2v) is 7.43. The van der Waals surface area contributed by atoms with Crippen LogP contribution < -0.4 is 5.32 Å². The van der Waals surface area contributed by atoms with Gasteiger partial charge < -0.3 is 5.32 Å². The first kappa shape index (κ1) is 20.4. The Kier molecular flexibility index (Phi) is 7.60. The molecule has 0 bridgehead atoms. The molecule has 0 heterocycles. The molecule has 1 aromatic rings. The summed E-state index contributed by atoms with van der Waals surface area (Å²) < 4.78 is 0. The predicted molar refractivity (Wildman–Crippen MR) is 108 cm³/mol. The number of ketones is 1. The van der Waals surface area contributed by atoms with E-state index in [4.69, 9.17) is 11.6 Å². The normalized spacial score (nSPS) is 18.5. The molecule has 1 aliphatic carbocycles. The Bertz CT molecular complexity index is 748. The molecule has 0 aliphatic heterocycles. The van der Waals surface area contributed by atoms with Gasteiger partial charge in [0.2, 0.25) is 5.91 Å². The van der Waals surface area contributed by atoms with Crippen LogP contribution in [0.5, 0.6) is 0 Å². The quantitative estimate of drug-likeness (QED) is 0.532. The lowest BCUT2D eigenvalue weighted by Crippen LogP contribution is -2.29. The topological polar surface area (TPSA) is 70.9 Å². The van der Waals surface area contributed by atoms with Gasteiger partial charge in [-0.3, -0.25) is 14.6 Å². The van der Waals surface area contributed by atoms with E-state index in [1.165, 1.54) is 6.20 Å². The van der Waals surface area contributed by atoms with E-state index in [2.05, 4.69) is 28.7 Å². The molecular formula is C19H22ClN3O2S. The lowest BCUT2D eigenvalue weighted by atomic mass is 9.87. The van der Waals surface area contributed by atoms with Crippen molar-refractivity contribution in [2.75, 3.05) is 6.26 Å². The summed E-state index contributed by atoms with van der Waals surface area (Å²) in [6, 6.07) is 5.65. The number of hydrogen-bond acceptors (Lipinski definition) is 5. The minimum Gasteiger partial charge on any atom is -0.309 e. The fourth-order valence-electron chi connectivity index (χ4n) is 3.13. The third-order valence-corrected chi connectivity index (χ3v) is 5.67. The number of Topliss-reactive ketones (excluding diaryl/α,β-unsaturated/α-hetero) is 1. The van der Waals surface area contributed by atoms with Crippen molar-refractivity contribution in [3.8, 4) is 0 Å². The Hall–Kier alpha value is -1.92. The van der Waals surface area contributed by atoms with Gasteiger partial charge in [0.25, 0.3) is 0 Å². The molecule has 26 heavy (non-hydrogen) atoms. The summed E-state index contributed by atoms with van der Waals surface area (Å²) in [5, 5.41) is 3.34. The first-order valence-electron chi connectivity index (χ1n) is 8.27. The number of hydrogen-bond donors (Lipinski definition) is 1. The van der Waals surface area contributed by atoms with Crippen molar-refractivity contribution >= 4 is 48.5 Å². The van der Waals surface area contributed by atoms with E-state index in [1.54, 1.807) is 11.8 Å². The molecule has 7 heteroatoms. The number of amides is 1. The minimum absolute atomic E-state index is 0.193. The van der Waals surface area contributed by atoms with Crippen LogP contribution in [-0.4, -0.2) is 31.4 Å². The summed E-state index contributed by atoms with van der Waals surface area (Å²) in [6.07, 6.45) is 5.80. The van der Waals surface area contributed by atoms with E-state index in [0.717, 1.165) is 16.9 Å². The van der Waals surface area contributed by atoms with Crippen LogP contribution in [0, 0.1) is 5.92 Å². The number of thioether (sulfide) groups is 1. The van der Waals surface area contributed by atoms with E-state index < -0.39 is 5.92 Å². The predicted octanol–water partition coefficient (Wildman–Crippen LogP) is 4.22. The van der Waals surface area contributed by atoms with Crippen molar-refractivity contribution in [2.45, 2.75) is 36.5 Å². The van der Waals surface area contributed by atoms with Crippen LogP contribution in [0.2, 0.25) is 5.02 Å². The fraction of sp³-hybridized carbons (Fsp3) is 0.368. The van der Waals surface area contributed by atoms with E-state index >= 15 is 0 Å². The SMILES string of the molecule is C=N/C=C(\N=C)NC(=O)C(CC1CCC(=O)C1)c1ccc(SC)c(Cl)c1. The van der Waals surface area contributed by atoms with Crippen LogP contribution in [-0.2, 0) is 9.59 Å². The molecule has 1 aliphatic rings. The van der Waals surface area contributed by atoms with Crippen LogP contribution in [0.4, 0.5) is 0 Å². The Labute approximate surface area is 163 Å². The lowest BCUT2D eigenvalue weighted by molar-refractivity contribution is -0.122. The standard InChI is InChI=1S/C19H22ClN3O2S/c1-21-11-18(22-2)23-19(25)15(9-12-4-6-14(24)8-12)13-5-7-17(26-3)16(20)10-13/h5,7,10-12,15H,1-2,4,6,8-9H2,3H3,(H,23,25)/b18-11+. The third-order valence-electron chi connectivity index (χ3n) is 4.45. The van der Waals surface area contributed by atoms with Crippen LogP contribution in [0.25, 0.3) is 0 Å². The van der Waals surface area contributed by atoms with Crippen LogP contribution in [0.15, 0.2) is 45.1 Å². The largest absolute Gasteiger partial charge is 0.309 e. The van der Waals surface area contributed by atoms with Gasteiger partial charge in [0.05, 0.1) is 17.1 Å². The zero-order valence-electron chi connectivity index (χ0n) is 14.7. The molecule has 1 N–H and O–H groups in total. The fourth-order valence-corrected chi connectivity index (χ4v) is 4.01. The number of nitrogens with one attached hydrogen (secondary N) is 1. The third kappa shape index (κ3) is 5.29. The molecule has 1 fully saturated rings. The Morgan fingerprint density at radius 3 is 2.81 bits per heavy atom. The molecule has 2 rings (SSSR count). The maximum absolute atomic E-state index is 12.9. The number of benzene rings is 1. The highest BCUT2D eigenvalue weighted by atomic mass is 35.5. The molecule has 1 amide bonds. The van der Waals surface area contributed by atoms with Crippen molar-refractivity contribution in [3.05, 3.63) is 40.8 Å². The molecule has 0 spiro atoms. The molecule has 1 aromatic carbocycles. The Balaban J connectivity index is 2.28. The molecule has 0 radical (unpaired) electrons. The summed E-state index contributed by atoms with van der Waals surface area (Å²) in [6.45, 7) is 6.78. The Morgan fingerprint density at radius 1 is 1.50 bits per heavy atom. The van der Waals surface area contributed by atoms with Gasteiger partial charge in [-0.25, -0.2) is 4.99 Å². The summed E-state index contributed by atoms with van der Waals surface area (Å²) in [5.41, 5.74) is 0.819. The summed E-state index contributed by atoms with van der Waals surface area (Å²) in [7, 11) is 0. The number of rotatable bonds is 8. The maximum Gasteiger partial charge on any atom is 0.233 e. The van der Waals surface area contributed by atoms with Crippen molar-refractivity contribution in [2.24, 2.45) is 15.9 Å². The highest BCUT2D eigenvalue weighted by molar-refractivity contribution is 7.98. The highest BCUT2D eigenvalue weighted by Crippen LogP contribution is 2.35. The number of halogens is 1. The molecule has 1 saturated carbocycles. The van der Waals surface area contributed by atoms with Crippen LogP contribution >= 0.6 is 23.4 Å². The summed E-state index contributed by atoms with van der Waals surface area (Å²) >= 11 is 7.88. The van der Waals surface area contributed by atoms with E-state index in [1.807, 2.05) is 24.5 Å². The first-order chi connectivity index (χ1) is 12.5. The monoisotopic (exact) mass is 391 g/mol. The van der Waals surface area contributed by atoms with Crippen LogP contribution in [0.3, 0.4) is 0 Å². The van der Waals surface area contributed by atoms with Gasteiger partial charge in [0, 0.05) is 17.7 Å². The van der Waals surface area contributed by atoms with Crippen molar-refractivity contribution in [3.63, 3.8) is 0 Å². The second-order valence-electron chi connectivity index (χ2n) is 6.17. The van der Waals surface area contributed by atoms with Crippen LogP contribution in [0.1, 0.15) is 37.2 Å². The lowest BCUT2D eigenvalue weighted by Gasteiger charge is -2.21. The molecule has 2 unspecified atom stereocenters. The molecule has 2 atom stereocenters. The maximum atomic E-state index is 12.9. The molecule has 0 saturated heterocycles. The van der Waals surface area contributed by atoms with E-state index in [9.17, 15) is 9.59 Å². The van der Waals surface area contributed by atoms with Crippen molar-refractivity contribution < 1.29 is 9.59 Å². The van der Waals surface area contributed by atoms with E-state index in [0.29, 0.717) is 24.3 Å². The van der Waals surface area contributed by atoms with Gasteiger partial charge in [-0.1, -0.05) is 17.7 Å². The van der Waals surface area contributed by atoms with Gasteiger partial charge in [0.1, 0.15) is 11.6 Å². The highest BCUT2D eigenvalue weighted by Gasteiger charge is 2.30. The number of aliphatic imine (C=N–C) groups is 2. The minimum atomic E-state index is -0.436. The van der Waals surface area contributed by atoms with Gasteiger partial charge in [-0.15, -0.1) is 11.8 Å². The average molecular weight is 392 g/mol. The molecule has 138 valence electrons. The smallest absolute Gasteiger partial charge is 0.233 e. The Morgan fingerprint density at radius 2 is 2.27 bits per heavy atom. The molecular weight excluding hydrogens is 370 g/mol. The van der Waals surface area contributed by atoms with Crippen molar-refractivity contribution in [1.29, 1.82) is 0 Å².